The molecule has 0 aromatic rings. The summed E-state index contributed by atoms with van der Waals surface area (Å²) in [4.78, 5) is 33.8. The molecule has 0 aromatic heterocycles. The highest BCUT2D eigenvalue weighted by Crippen LogP contribution is 2.18. The fourth-order valence-corrected chi connectivity index (χ4v) is 1.65. The molecule has 5 nitrogen and oxygen atoms in total. The van der Waals surface area contributed by atoms with E-state index in [9.17, 15) is 14.4 Å². The second-order valence-electron chi connectivity index (χ2n) is 2.43. The molecule has 6 heteroatoms. The van der Waals surface area contributed by atoms with Crippen LogP contribution in [0.4, 0.5) is 4.79 Å². The van der Waals surface area contributed by atoms with E-state index in [2.05, 4.69) is 4.74 Å². The van der Waals surface area contributed by atoms with Crippen molar-refractivity contribution in [2.45, 2.75) is 6.42 Å². The van der Waals surface area contributed by atoms with Crippen molar-refractivity contribution in [3.8, 4) is 0 Å². The monoisotopic (exact) mass is 203 g/mol. The van der Waals surface area contributed by atoms with Gasteiger partial charge in [0, 0.05) is 6.54 Å². The molecule has 1 aliphatic rings. The number of hydrogen-bond acceptors (Lipinski definition) is 5. The van der Waals surface area contributed by atoms with Crippen LogP contribution in [0.2, 0.25) is 0 Å². The number of imide groups is 1. The Balaban J connectivity index is 2.40. The molecule has 1 rings (SSSR count). The summed E-state index contributed by atoms with van der Waals surface area (Å²) >= 11 is 0.958. The molecule has 0 bridgehead atoms. The van der Waals surface area contributed by atoms with E-state index < -0.39 is 5.97 Å². The number of nitrogens with zero attached hydrogens (tertiary/aromatic N) is 1. The Kier molecular flexibility index (Phi) is 3.30. The number of ether oxygens (including phenoxy) is 1. The zero-order chi connectivity index (χ0) is 9.84. The van der Waals surface area contributed by atoms with Crippen molar-refractivity contribution in [1.29, 1.82) is 0 Å². The van der Waals surface area contributed by atoms with Gasteiger partial charge in [-0.3, -0.25) is 19.3 Å². The van der Waals surface area contributed by atoms with Crippen LogP contribution >= 0.6 is 11.8 Å². The van der Waals surface area contributed by atoms with Crippen LogP contribution in [0.1, 0.15) is 6.42 Å². The van der Waals surface area contributed by atoms with Crippen molar-refractivity contribution in [1.82, 2.24) is 4.90 Å². The maximum Gasteiger partial charge on any atom is 0.307 e. The third-order valence-corrected chi connectivity index (χ3v) is 2.47. The van der Waals surface area contributed by atoms with E-state index in [1.54, 1.807) is 0 Å². The Bertz CT molecular complexity index is 237. The van der Waals surface area contributed by atoms with E-state index in [1.807, 2.05) is 0 Å². The summed E-state index contributed by atoms with van der Waals surface area (Å²) in [7, 11) is 1.27. The molecule has 1 heterocycles. The second-order valence-corrected chi connectivity index (χ2v) is 3.35. The standard InChI is InChI=1S/C7H9NO4S/c1-12-6(10)2-3-8-5(9)4-13-7(8)11/h2-4H2,1H3. The molecule has 0 aliphatic carbocycles. The molecule has 1 aliphatic heterocycles. The molecule has 72 valence electrons. The van der Waals surface area contributed by atoms with Crippen molar-refractivity contribution in [2.24, 2.45) is 0 Å². The highest BCUT2D eigenvalue weighted by molar-refractivity contribution is 8.14. The number of carbonyl (C=O) groups excluding carboxylic acids is 3. The molecule has 0 aromatic carbocycles. The Morgan fingerprint density at radius 1 is 1.62 bits per heavy atom. The van der Waals surface area contributed by atoms with E-state index in [4.69, 9.17) is 0 Å². The average molecular weight is 203 g/mol. The molecule has 0 saturated carbocycles. The molecule has 0 unspecified atom stereocenters. The lowest BCUT2D eigenvalue weighted by atomic mass is 10.4. The molecular weight excluding hydrogens is 194 g/mol. The van der Waals surface area contributed by atoms with Crippen molar-refractivity contribution < 1.29 is 19.1 Å². The smallest absolute Gasteiger partial charge is 0.307 e. The molecule has 0 radical (unpaired) electrons. The molecule has 1 fully saturated rings. The molecule has 0 N–H and O–H groups in total. The van der Waals surface area contributed by atoms with Gasteiger partial charge in [0.1, 0.15) is 0 Å². The lowest BCUT2D eigenvalue weighted by molar-refractivity contribution is -0.141. The Morgan fingerprint density at radius 2 is 2.31 bits per heavy atom. The number of hydrogen-bond donors (Lipinski definition) is 0. The topological polar surface area (TPSA) is 63.7 Å². The van der Waals surface area contributed by atoms with Crippen LogP contribution in [0.25, 0.3) is 0 Å². The summed E-state index contributed by atoms with van der Waals surface area (Å²) < 4.78 is 4.39. The predicted octanol–water partition coefficient (Wildman–Crippen LogP) is 0.245. The Hall–Kier alpha value is -1.04. The highest BCUT2D eigenvalue weighted by Gasteiger charge is 2.29. The van der Waals surface area contributed by atoms with Gasteiger partial charge in [-0.25, -0.2) is 0 Å². The summed E-state index contributed by atoms with van der Waals surface area (Å²) in [6, 6.07) is 0. The first-order valence-electron chi connectivity index (χ1n) is 3.69. The summed E-state index contributed by atoms with van der Waals surface area (Å²) in [5.41, 5.74) is 0. The van der Waals surface area contributed by atoms with Gasteiger partial charge in [-0.15, -0.1) is 0 Å². The molecule has 0 atom stereocenters. The summed E-state index contributed by atoms with van der Waals surface area (Å²) in [5.74, 6) is -0.476. The van der Waals surface area contributed by atoms with Gasteiger partial charge >= 0.3 is 5.97 Å². The van der Waals surface area contributed by atoms with E-state index in [0.29, 0.717) is 0 Å². The minimum Gasteiger partial charge on any atom is -0.469 e. The van der Waals surface area contributed by atoms with Crippen LogP contribution in [-0.2, 0) is 14.3 Å². The first-order valence-corrected chi connectivity index (χ1v) is 4.67. The Morgan fingerprint density at radius 3 is 2.77 bits per heavy atom. The van der Waals surface area contributed by atoms with E-state index in [0.717, 1.165) is 16.7 Å². The van der Waals surface area contributed by atoms with Crippen LogP contribution in [0.3, 0.4) is 0 Å². The normalized spacial score (nSPS) is 16.5. The third-order valence-electron chi connectivity index (χ3n) is 1.61. The fourth-order valence-electron chi connectivity index (χ4n) is 0.902. The van der Waals surface area contributed by atoms with Crippen molar-refractivity contribution in [2.75, 3.05) is 19.4 Å². The molecule has 0 spiro atoms. The Labute approximate surface area is 79.4 Å². The van der Waals surface area contributed by atoms with E-state index in [-0.39, 0.29) is 29.9 Å². The first kappa shape index (κ1) is 10.0. The van der Waals surface area contributed by atoms with Crippen LogP contribution in [-0.4, -0.2) is 41.4 Å². The van der Waals surface area contributed by atoms with Gasteiger partial charge in [0.15, 0.2) is 0 Å². The number of esters is 1. The van der Waals surface area contributed by atoms with Crippen molar-refractivity contribution in [3.05, 3.63) is 0 Å². The summed E-state index contributed by atoms with van der Waals surface area (Å²) in [6.45, 7) is 0.122. The first-order chi connectivity index (χ1) is 6.15. The molecular formula is C7H9NO4S. The predicted molar refractivity (Wildman–Crippen MR) is 46.2 cm³/mol. The lowest BCUT2D eigenvalue weighted by Crippen LogP contribution is -2.31. The number of methoxy groups -OCH3 is 1. The number of amides is 2. The quantitative estimate of drug-likeness (QED) is 0.615. The van der Waals surface area contributed by atoms with Gasteiger partial charge < -0.3 is 4.74 Å². The summed E-state index contributed by atoms with van der Waals surface area (Å²) in [6.07, 6.45) is 0.0640. The van der Waals surface area contributed by atoms with Crippen LogP contribution in [0, 0.1) is 0 Å². The number of thioether (sulfide) groups is 1. The van der Waals surface area contributed by atoms with Gasteiger partial charge in [-0.2, -0.15) is 0 Å². The fraction of sp³-hybridized carbons (Fsp3) is 0.571. The zero-order valence-corrected chi connectivity index (χ0v) is 7.93. The molecule has 13 heavy (non-hydrogen) atoms. The van der Waals surface area contributed by atoms with Gasteiger partial charge in [0.25, 0.3) is 5.24 Å². The van der Waals surface area contributed by atoms with Gasteiger partial charge in [-0.05, 0) is 0 Å². The maximum absolute atomic E-state index is 11.0. The minimum absolute atomic E-state index is 0.0640. The van der Waals surface area contributed by atoms with Crippen LogP contribution in [0.5, 0.6) is 0 Å². The second kappa shape index (κ2) is 4.27. The van der Waals surface area contributed by atoms with Gasteiger partial charge in [-0.1, -0.05) is 11.8 Å². The zero-order valence-electron chi connectivity index (χ0n) is 7.11. The highest BCUT2D eigenvalue weighted by atomic mass is 32.2. The lowest BCUT2D eigenvalue weighted by Gasteiger charge is -2.10. The van der Waals surface area contributed by atoms with Gasteiger partial charge in [0.2, 0.25) is 5.91 Å². The van der Waals surface area contributed by atoms with Crippen molar-refractivity contribution in [3.63, 3.8) is 0 Å². The maximum atomic E-state index is 11.0. The third kappa shape index (κ3) is 2.45. The van der Waals surface area contributed by atoms with Crippen LogP contribution < -0.4 is 0 Å². The average Bonchev–Trinajstić information content (AvgIpc) is 2.43. The molecule has 2 amide bonds. The minimum atomic E-state index is -0.419. The molecule has 1 saturated heterocycles. The SMILES string of the molecule is COC(=O)CCN1C(=O)CSC1=O. The van der Waals surface area contributed by atoms with E-state index in [1.165, 1.54) is 7.11 Å². The summed E-state index contributed by atoms with van der Waals surface area (Å²) in [5, 5.41) is -0.283. The van der Waals surface area contributed by atoms with Crippen molar-refractivity contribution >= 4 is 28.9 Å². The van der Waals surface area contributed by atoms with Crippen LogP contribution in [0.15, 0.2) is 0 Å². The number of rotatable bonds is 3. The van der Waals surface area contributed by atoms with Gasteiger partial charge in [0.05, 0.1) is 19.3 Å². The van der Waals surface area contributed by atoms with E-state index >= 15 is 0 Å². The largest absolute Gasteiger partial charge is 0.469 e. The number of carbonyl (C=O) groups is 3.